The molecule has 2 amide bonds. The van der Waals surface area contributed by atoms with Crippen molar-refractivity contribution in [3.8, 4) is 0 Å². The molecule has 1 unspecified atom stereocenters. The van der Waals surface area contributed by atoms with Crippen molar-refractivity contribution in [2.75, 3.05) is 5.32 Å². The van der Waals surface area contributed by atoms with Crippen molar-refractivity contribution in [1.29, 1.82) is 0 Å². The lowest BCUT2D eigenvalue weighted by Gasteiger charge is -2.20. The number of hydrazine groups is 1. The van der Waals surface area contributed by atoms with Crippen LogP contribution in [0.1, 0.15) is 54.0 Å². The highest BCUT2D eigenvalue weighted by atomic mass is 35.5. The summed E-state index contributed by atoms with van der Waals surface area (Å²) in [5.74, 6) is -0.988. The minimum Gasteiger partial charge on any atom is -0.443 e. The molecule has 8 nitrogen and oxygen atoms in total. The zero-order chi connectivity index (χ0) is 22.7. The van der Waals surface area contributed by atoms with Crippen molar-refractivity contribution in [3.05, 3.63) is 38.9 Å². The second kappa shape index (κ2) is 9.14. The van der Waals surface area contributed by atoms with Gasteiger partial charge in [-0.15, -0.1) is 11.3 Å². The average molecular weight is 466 g/mol. The van der Waals surface area contributed by atoms with Gasteiger partial charge in [0.2, 0.25) is 0 Å². The molecule has 0 aliphatic heterocycles. The van der Waals surface area contributed by atoms with Gasteiger partial charge >= 0.3 is 12.3 Å². The molecule has 2 aromatic rings. The molecule has 0 aliphatic rings. The van der Waals surface area contributed by atoms with Crippen molar-refractivity contribution < 1.29 is 27.5 Å². The van der Waals surface area contributed by atoms with Crippen LogP contribution in [0.4, 0.5) is 23.8 Å². The number of hydrogen-bond acceptors (Lipinski definition) is 7. The third-order valence-corrected chi connectivity index (χ3v) is 4.79. The number of halogens is 4. The molecule has 0 fully saturated rings. The maximum atomic E-state index is 12.9. The summed E-state index contributed by atoms with van der Waals surface area (Å²) in [7, 11) is 0. The fraction of sp³-hybridized carbons (Fsp3) is 0.412. The summed E-state index contributed by atoms with van der Waals surface area (Å²) in [6, 6.07) is 0.187. The van der Waals surface area contributed by atoms with Crippen molar-refractivity contribution >= 4 is 40.8 Å². The van der Waals surface area contributed by atoms with Crippen LogP contribution in [0.2, 0.25) is 5.02 Å². The molecule has 13 heteroatoms. The van der Waals surface area contributed by atoms with E-state index in [-0.39, 0.29) is 10.7 Å². The predicted octanol–water partition coefficient (Wildman–Crippen LogP) is 4.55. The van der Waals surface area contributed by atoms with Gasteiger partial charge in [-0.2, -0.15) is 13.2 Å². The Hall–Kier alpha value is -2.44. The highest BCUT2D eigenvalue weighted by Crippen LogP contribution is 2.35. The monoisotopic (exact) mass is 465 g/mol. The van der Waals surface area contributed by atoms with E-state index in [9.17, 15) is 22.8 Å². The zero-order valence-corrected chi connectivity index (χ0v) is 17.9. The third-order valence-electron chi connectivity index (χ3n) is 3.31. The molecule has 0 aliphatic carbocycles. The van der Waals surface area contributed by atoms with Gasteiger partial charge in [0.05, 0.1) is 22.8 Å². The molecule has 2 heterocycles. The van der Waals surface area contributed by atoms with Crippen LogP contribution in [-0.4, -0.2) is 27.6 Å². The van der Waals surface area contributed by atoms with E-state index in [1.807, 2.05) is 0 Å². The van der Waals surface area contributed by atoms with Crippen LogP contribution in [0, 0.1) is 0 Å². The van der Waals surface area contributed by atoms with Crippen LogP contribution < -0.4 is 16.2 Å². The third kappa shape index (κ3) is 6.82. The van der Waals surface area contributed by atoms with Gasteiger partial charge in [0, 0.05) is 6.20 Å². The first-order chi connectivity index (χ1) is 13.8. The minimum atomic E-state index is -4.68. The summed E-state index contributed by atoms with van der Waals surface area (Å²) in [6.45, 7) is 6.84. The Kier molecular flexibility index (Phi) is 7.27. The van der Waals surface area contributed by atoms with Crippen molar-refractivity contribution in [2.45, 2.75) is 45.5 Å². The van der Waals surface area contributed by atoms with E-state index in [2.05, 4.69) is 26.1 Å². The number of thiazole rings is 1. The Morgan fingerprint density at radius 1 is 1.20 bits per heavy atom. The van der Waals surface area contributed by atoms with Gasteiger partial charge in [-0.25, -0.2) is 20.2 Å². The van der Waals surface area contributed by atoms with Gasteiger partial charge in [0.1, 0.15) is 21.3 Å². The molecule has 30 heavy (non-hydrogen) atoms. The predicted molar refractivity (Wildman–Crippen MR) is 105 cm³/mol. The number of carbonyl (C=O) groups excluding carboxylic acids is 2. The number of anilines is 1. The summed E-state index contributed by atoms with van der Waals surface area (Å²) >= 11 is 6.50. The molecular weight excluding hydrogens is 447 g/mol. The summed E-state index contributed by atoms with van der Waals surface area (Å²) in [6.07, 6.45) is -3.29. The number of rotatable bonds is 5. The quantitative estimate of drug-likeness (QED) is 0.559. The van der Waals surface area contributed by atoms with E-state index < -0.39 is 40.4 Å². The van der Waals surface area contributed by atoms with E-state index in [1.54, 1.807) is 27.7 Å². The fourth-order valence-corrected chi connectivity index (χ4v) is 3.05. The first kappa shape index (κ1) is 23.8. The van der Waals surface area contributed by atoms with Crippen LogP contribution >= 0.6 is 22.9 Å². The van der Waals surface area contributed by atoms with Gasteiger partial charge < -0.3 is 10.1 Å². The normalized spacial score (nSPS) is 12.9. The largest absolute Gasteiger partial charge is 0.443 e. The Labute approximate surface area is 179 Å². The molecule has 0 radical (unpaired) electrons. The number of nitrogens with one attached hydrogen (secondary N) is 3. The summed E-state index contributed by atoms with van der Waals surface area (Å²) < 4.78 is 43.9. The first-order valence-electron chi connectivity index (χ1n) is 8.50. The molecule has 0 saturated heterocycles. The molecule has 1 atom stereocenters. The molecule has 2 aromatic heterocycles. The van der Waals surface area contributed by atoms with Gasteiger partial charge in [-0.1, -0.05) is 11.6 Å². The number of ether oxygens (including phenoxy) is 1. The standard InChI is InChI=1S/C17H19ClF3N5O3S/c1-8(25-26-15(28)29-16(2,3)4)14-23-7-11(30-14)13(27)24-12-5-9(17(19,20)21)10(18)6-22-12/h5-8,25H,1-4H3,(H,26,28)(H,22,24,27). The van der Waals surface area contributed by atoms with Crippen LogP contribution in [0.5, 0.6) is 0 Å². The summed E-state index contributed by atoms with van der Waals surface area (Å²) in [5, 5.41) is 2.16. The molecule has 3 N–H and O–H groups in total. The molecule has 2 rings (SSSR count). The SMILES string of the molecule is CC(NNC(=O)OC(C)(C)C)c1ncc(C(=O)Nc2cc(C(F)(F)F)c(Cl)cn2)s1. The Morgan fingerprint density at radius 2 is 1.87 bits per heavy atom. The Morgan fingerprint density at radius 3 is 2.47 bits per heavy atom. The van der Waals surface area contributed by atoms with Crippen LogP contribution in [0.3, 0.4) is 0 Å². The van der Waals surface area contributed by atoms with Gasteiger partial charge in [0.25, 0.3) is 5.91 Å². The lowest BCUT2D eigenvalue weighted by molar-refractivity contribution is -0.137. The number of carbonyl (C=O) groups is 2. The molecule has 0 aromatic carbocycles. The maximum absolute atomic E-state index is 12.9. The lowest BCUT2D eigenvalue weighted by Crippen LogP contribution is -2.42. The topological polar surface area (TPSA) is 105 Å². The molecule has 164 valence electrons. The molecule has 0 bridgehead atoms. The Balaban J connectivity index is 2.00. The highest BCUT2D eigenvalue weighted by Gasteiger charge is 2.34. The number of pyridine rings is 1. The minimum absolute atomic E-state index is 0.140. The lowest BCUT2D eigenvalue weighted by atomic mass is 10.2. The molecular formula is C17H19ClF3N5O3S. The summed E-state index contributed by atoms with van der Waals surface area (Å²) in [4.78, 5) is 31.9. The van der Waals surface area contributed by atoms with E-state index >= 15 is 0 Å². The van der Waals surface area contributed by atoms with Crippen LogP contribution in [0.25, 0.3) is 0 Å². The number of nitrogens with zero attached hydrogens (tertiary/aromatic N) is 2. The van der Waals surface area contributed by atoms with E-state index in [4.69, 9.17) is 16.3 Å². The van der Waals surface area contributed by atoms with Crippen molar-refractivity contribution in [2.24, 2.45) is 0 Å². The number of amides is 2. The number of hydrogen-bond donors (Lipinski definition) is 3. The van der Waals surface area contributed by atoms with E-state index in [0.717, 1.165) is 17.5 Å². The number of aromatic nitrogens is 2. The first-order valence-corrected chi connectivity index (χ1v) is 9.70. The smallest absolute Gasteiger partial charge is 0.422 e. The number of alkyl halides is 3. The average Bonchev–Trinajstić information content (AvgIpc) is 3.09. The van der Waals surface area contributed by atoms with Crippen molar-refractivity contribution in [1.82, 2.24) is 20.8 Å². The van der Waals surface area contributed by atoms with Crippen molar-refractivity contribution in [3.63, 3.8) is 0 Å². The van der Waals surface area contributed by atoms with Gasteiger partial charge in [0.15, 0.2) is 0 Å². The second-order valence-electron chi connectivity index (χ2n) is 7.06. The zero-order valence-electron chi connectivity index (χ0n) is 16.3. The van der Waals surface area contributed by atoms with Crippen LogP contribution in [-0.2, 0) is 10.9 Å². The second-order valence-corrected chi connectivity index (χ2v) is 8.53. The highest BCUT2D eigenvalue weighted by molar-refractivity contribution is 7.13. The molecule has 0 spiro atoms. The molecule has 0 saturated carbocycles. The Bertz CT molecular complexity index is 930. The van der Waals surface area contributed by atoms with Crippen LogP contribution in [0.15, 0.2) is 18.5 Å². The maximum Gasteiger partial charge on any atom is 0.422 e. The summed E-state index contributed by atoms with van der Waals surface area (Å²) in [5.41, 5.74) is 3.29. The van der Waals surface area contributed by atoms with Gasteiger partial charge in [-0.3, -0.25) is 10.2 Å². The van der Waals surface area contributed by atoms with E-state index in [1.165, 1.54) is 6.20 Å². The van der Waals surface area contributed by atoms with Gasteiger partial charge in [-0.05, 0) is 33.8 Å². The van der Waals surface area contributed by atoms with E-state index in [0.29, 0.717) is 11.1 Å². The fourth-order valence-electron chi connectivity index (χ4n) is 2.03.